The molecule has 134 valence electrons. The van der Waals surface area contributed by atoms with Gasteiger partial charge < -0.3 is 0 Å². The second kappa shape index (κ2) is 19.6. The summed E-state index contributed by atoms with van der Waals surface area (Å²) in [6.45, 7) is 4.52. The van der Waals surface area contributed by atoms with Gasteiger partial charge in [-0.05, 0) is 30.6 Å². The Hall–Kier alpha value is -0.430. The van der Waals surface area contributed by atoms with Crippen LogP contribution in [0.25, 0.3) is 0 Å². The number of benzene rings is 1. The second-order valence-corrected chi connectivity index (χ2v) is 6.94. The number of hydrogen-bond acceptors (Lipinski definition) is 1. The van der Waals surface area contributed by atoms with Crippen molar-refractivity contribution in [1.82, 2.24) is 0 Å². The first-order valence-corrected chi connectivity index (χ1v) is 10.6. The van der Waals surface area contributed by atoms with Crippen LogP contribution in [-0.4, -0.2) is 5.75 Å². The third kappa shape index (κ3) is 17.8. The minimum absolute atomic E-state index is 1.06. The van der Waals surface area contributed by atoms with Crippen molar-refractivity contribution in [2.75, 3.05) is 5.75 Å². The maximum absolute atomic E-state index is 4.15. The van der Waals surface area contributed by atoms with Crippen molar-refractivity contribution in [2.45, 2.75) is 97.3 Å². The quantitative estimate of drug-likeness (QED) is 0.275. The molecule has 1 aromatic carbocycles. The summed E-state index contributed by atoms with van der Waals surface area (Å²) in [6, 6.07) is 10.8. The molecule has 0 bridgehead atoms. The molecule has 0 nitrogen and oxygen atoms in total. The van der Waals surface area contributed by atoms with Crippen molar-refractivity contribution < 1.29 is 0 Å². The molecule has 0 fully saturated rings. The molecular formula is C22H40S. The van der Waals surface area contributed by atoms with E-state index in [1.165, 1.54) is 89.0 Å². The molecule has 0 spiro atoms. The van der Waals surface area contributed by atoms with E-state index in [1.54, 1.807) is 0 Å². The fourth-order valence-corrected chi connectivity index (χ4v) is 2.87. The van der Waals surface area contributed by atoms with Gasteiger partial charge >= 0.3 is 0 Å². The fraction of sp³-hybridized carbons (Fsp3) is 0.727. The number of hydrogen-bond donors (Lipinski definition) is 1. The predicted octanol–water partition coefficient (Wildman–Crippen LogP) is 7.87. The van der Waals surface area contributed by atoms with Gasteiger partial charge in [0.2, 0.25) is 0 Å². The van der Waals surface area contributed by atoms with Gasteiger partial charge in [0.05, 0.1) is 0 Å². The lowest BCUT2D eigenvalue weighted by atomic mass is 10.1. The van der Waals surface area contributed by atoms with E-state index in [0.29, 0.717) is 0 Å². The Labute approximate surface area is 151 Å². The van der Waals surface area contributed by atoms with Crippen molar-refractivity contribution in [3.8, 4) is 0 Å². The molecule has 0 amide bonds. The summed E-state index contributed by atoms with van der Waals surface area (Å²) < 4.78 is 0. The normalized spacial score (nSPS) is 10.2. The monoisotopic (exact) mass is 336 g/mol. The molecule has 0 aliphatic carbocycles. The van der Waals surface area contributed by atoms with Crippen LogP contribution in [0.4, 0.5) is 0 Å². The van der Waals surface area contributed by atoms with Crippen LogP contribution < -0.4 is 0 Å². The third-order valence-corrected chi connectivity index (χ3v) is 4.49. The molecule has 1 rings (SSSR count). The van der Waals surface area contributed by atoms with Crippen molar-refractivity contribution in [3.05, 3.63) is 35.9 Å². The van der Waals surface area contributed by atoms with Gasteiger partial charge in [0.15, 0.2) is 0 Å². The highest BCUT2D eigenvalue weighted by Gasteiger charge is 1.92. The zero-order valence-electron chi connectivity index (χ0n) is 15.7. The zero-order chi connectivity index (χ0) is 17.0. The molecule has 0 unspecified atom stereocenters. The van der Waals surface area contributed by atoms with Crippen LogP contribution in [0.5, 0.6) is 0 Å². The molecule has 0 atom stereocenters. The van der Waals surface area contributed by atoms with Crippen LogP contribution >= 0.6 is 12.6 Å². The van der Waals surface area contributed by atoms with Crippen molar-refractivity contribution in [1.29, 1.82) is 0 Å². The van der Waals surface area contributed by atoms with E-state index in [2.05, 4.69) is 56.8 Å². The predicted molar refractivity (Wildman–Crippen MR) is 111 cm³/mol. The first-order valence-electron chi connectivity index (χ1n) is 9.99. The lowest BCUT2D eigenvalue weighted by Gasteiger charge is -2.01. The van der Waals surface area contributed by atoms with Crippen LogP contribution in [0.2, 0.25) is 0 Å². The summed E-state index contributed by atoms with van der Waals surface area (Å²) in [5, 5.41) is 0. The Kier molecular flexibility index (Phi) is 19.2. The Morgan fingerprint density at radius 1 is 0.609 bits per heavy atom. The largest absolute Gasteiger partial charge is 0.179 e. The smallest absolute Gasteiger partial charge is 0.00979 e. The molecule has 0 aliphatic heterocycles. The van der Waals surface area contributed by atoms with Gasteiger partial charge in [0.25, 0.3) is 0 Å². The van der Waals surface area contributed by atoms with E-state index in [9.17, 15) is 0 Å². The van der Waals surface area contributed by atoms with Crippen LogP contribution in [0.15, 0.2) is 30.3 Å². The van der Waals surface area contributed by atoms with Crippen LogP contribution in [-0.2, 0) is 6.42 Å². The van der Waals surface area contributed by atoms with E-state index in [-0.39, 0.29) is 0 Å². The first kappa shape index (κ1) is 22.6. The van der Waals surface area contributed by atoms with Gasteiger partial charge in [-0.2, -0.15) is 12.6 Å². The highest BCUT2D eigenvalue weighted by atomic mass is 32.1. The molecule has 0 heterocycles. The molecule has 0 aromatic heterocycles. The third-order valence-electron chi connectivity index (χ3n) is 4.17. The zero-order valence-corrected chi connectivity index (χ0v) is 16.6. The maximum atomic E-state index is 4.15. The van der Waals surface area contributed by atoms with Crippen molar-refractivity contribution in [2.24, 2.45) is 0 Å². The summed E-state index contributed by atoms with van der Waals surface area (Å²) in [7, 11) is 0. The average Bonchev–Trinajstić information content (AvgIpc) is 2.59. The van der Waals surface area contributed by atoms with Crippen molar-refractivity contribution in [3.63, 3.8) is 0 Å². The molecule has 1 aromatic rings. The molecule has 0 aliphatic rings. The topological polar surface area (TPSA) is 0 Å². The minimum Gasteiger partial charge on any atom is -0.179 e. The molecule has 0 N–H and O–H groups in total. The fourth-order valence-electron chi connectivity index (χ4n) is 2.65. The Morgan fingerprint density at radius 3 is 1.61 bits per heavy atom. The van der Waals surface area contributed by atoms with E-state index in [0.717, 1.165) is 5.75 Å². The summed E-state index contributed by atoms with van der Waals surface area (Å²) in [5.41, 5.74) is 1.49. The summed E-state index contributed by atoms with van der Waals surface area (Å²) in [6.07, 6.45) is 17.9. The highest BCUT2D eigenvalue weighted by molar-refractivity contribution is 7.80. The number of aryl methyl sites for hydroxylation is 1. The van der Waals surface area contributed by atoms with Gasteiger partial charge in [-0.1, -0.05) is 108 Å². The van der Waals surface area contributed by atoms with Gasteiger partial charge in [-0.3, -0.25) is 0 Å². The second-order valence-electron chi connectivity index (χ2n) is 6.49. The lowest BCUT2D eigenvalue weighted by Crippen LogP contribution is -1.85. The average molecular weight is 337 g/mol. The standard InChI is InChI=1S/C14H22.C8H18S/c1-2-3-4-5-6-8-11-14-12-9-7-10-13-14;1-2-3-4-5-6-7-8-9/h7,9-10,12-13H,2-6,8,11H2,1H3;9H,2-8H2,1H3. The van der Waals surface area contributed by atoms with Gasteiger partial charge in [-0.25, -0.2) is 0 Å². The number of rotatable bonds is 13. The summed E-state index contributed by atoms with van der Waals surface area (Å²) >= 11 is 4.15. The Morgan fingerprint density at radius 2 is 1.09 bits per heavy atom. The van der Waals surface area contributed by atoms with Crippen LogP contribution in [0.3, 0.4) is 0 Å². The number of unbranched alkanes of at least 4 members (excludes halogenated alkanes) is 10. The number of thiol groups is 1. The molecular weight excluding hydrogens is 296 g/mol. The van der Waals surface area contributed by atoms with E-state index in [4.69, 9.17) is 0 Å². The van der Waals surface area contributed by atoms with Gasteiger partial charge in [0, 0.05) is 0 Å². The van der Waals surface area contributed by atoms with Gasteiger partial charge in [0.1, 0.15) is 0 Å². The summed E-state index contributed by atoms with van der Waals surface area (Å²) in [5.74, 6) is 1.06. The van der Waals surface area contributed by atoms with Crippen LogP contribution in [0, 0.1) is 0 Å². The molecule has 23 heavy (non-hydrogen) atoms. The van der Waals surface area contributed by atoms with Crippen LogP contribution in [0.1, 0.15) is 96.5 Å². The van der Waals surface area contributed by atoms with Crippen molar-refractivity contribution >= 4 is 12.6 Å². The van der Waals surface area contributed by atoms with E-state index in [1.807, 2.05) is 0 Å². The van der Waals surface area contributed by atoms with E-state index >= 15 is 0 Å². The summed E-state index contributed by atoms with van der Waals surface area (Å²) in [4.78, 5) is 0. The molecule has 0 radical (unpaired) electrons. The Bertz CT molecular complexity index is 301. The lowest BCUT2D eigenvalue weighted by molar-refractivity contribution is 0.607. The van der Waals surface area contributed by atoms with E-state index < -0.39 is 0 Å². The maximum Gasteiger partial charge on any atom is -0.00979 e. The minimum atomic E-state index is 1.06. The molecule has 0 saturated heterocycles. The highest BCUT2D eigenvalue weighted by Crippen LogP contribution is 2.09. The first-order chi connectivity index (χ1) is 11.3. The molecule has 0 saturated carbocycles. The Balaban J connectivity index is 0.000000468. The molecule has 1 heteroatoms. The SMILES string of the molecule is CCCCCCCCS.CCCCCCCCc1ccccc1. The van der Waals surface area contributed by atoms with Gasteiger partial charge in [-0.15, -0.1) is 0 Å².